The first-order valence-corrected chi connectivity index (χ1v) is 8.15. The van der Waals surface area contributed by atoms with Gasteiger partial charge in [-0.1, -0.05) is 0 Å². The van der Waals surface area contributed by atoms with E-state index in [0.717, 1.165) is 22.5 Å². The van der Waals surface area contributed by atoms with E-state index in [1.54, 1.807) is 36.7 Å². The highest BCUT2D eigenvalue weighted by atomic mass is 16.2. The van der Waals surface area contributed by atoms with Crippen molar-refractivity contribution in [1.29, 1.82) is 0 Å². The molecule has 0 spiro atoms. The fourth-order valence-electron chi connectivity index (χ4n) is 3.02. The molecule has 6 heteroatoms. The minimum atomic E-state index is -0.226. The lowest BCUT2D eigenvalue weighted by Gasteiger charge is -2.08. The Kier molecular flexibility index (Phi) is 3.85. The van der Waals surface area contributed by atoms with Gasteiger partial charge >= 0.3 is 0 Å². The Morgan fingerprint density at radius 2 is 1.92 bits per heavy atom. The molecule has 3 heterocycles. The van der Waals surface area contributed by atoms with Gasteiger partial charge in [-0.15, -0.1) is 0 Å². The smallest absolute Gasteiger partial charge is 0.256 e. The molecule has 0 aliphatic carbocycles. The molecular weight excluding hydrogens is 328 g/mol. The summed E-state index contributed by atoms with van der Waals surface area (Å²) in [6.07, 6.45) is 4.96. The normalized spacial score (nSPS) is 14.6. The number of aromatic nitrogens is 2. The molecule has 2 aromatic heterocycles. The molecule has 6 nitrogen and oxygen atoms in total. The fourth-order valence-corrected chi connectivity index (χ4v) is 3.02. The number of nitrogens with one attached hydrogen (secondary N) is 3. The number of H-pyrrole nitrogens is 1. The molecule has 0 unspecified atom stereocenters. The zero-order valence-corrected chi connectivity index (χ0v) is 14.0. The monoisotopic (exact) mass is 344 g/mol. The quantitative estimate of drug-likeness (QED) is 0.635. The standard InChI is InChI=1S/C20H16N4O2/c1-12(16-3-2-8-22-16)18-15-11-14(4-5-17(15)24-20(18)26)23-19(25)13-6-9-21-10-7-13/h2-11,22H,1H3,(H,23,25)(H,24,26). The van der Waals surface area contributed by atoms with Gasteiger partial charge in [0, 0.05) is 46.8 Å². The number of pyridine rings is 1. The van der Waals surface area contributed by atoms with E-state index < -0.39 is 0 Å². The Balaban J connectivity index is 1.70. The van der Waals surface area contributed by atoms with Crippen LogP contribution in [0.5, 0.6) is 0 Å². The first-order chi connectivity index (χ1) is 12.6. The summed E-state index contributed by atoms with van der Waals surface area (Å²) < 4.78 is 0. The largest absolute Gasteiger partial charge is 0.361 e. The zero-order valence-electron chi connectivity index (χ0n) is 14.0. The zero-order chi connectivity index (χ0) is 18.1. The number of anilines is 2. The number of nitrogens with zero attached hydrogens (tertiary/aromatic N) is 1. The third-order valence-corrected chi connectivity index (χ3v) is 4.34. The van der Waals surface area contributed by atoms with Crippen LogP contribution in [0.2, 0.25) is 0 Å². The van der Waals surface area contributed by atoms with Crippen molar-refractivity contribution in [3.05, 3.63) is 77.9 Å². The van der Waals surface area contributed by atoms with Crippen molar-refractivity contribution in [1.82, 2.24) is 9.97 Å². The van der Waals surface area contributed by atoms with Crippen LogP contribution in [-0.4, -0.2) is 21.8 Å². The predicted molar refractivity (Wildman–Crippen MR) is 101 cm³/mol. The Labute approximate surface area is 150 Å². The average molecular weight is 344 g/mol. The Bertz CT molecular complexity index is 1020. The summed E-state index contributed by atoms with van der Waals surface area (Å²) in [6, 6.07) is 12.5. The highest BCUT2D eigenvalue weighted by Crippen LogP contribution is 2.38. The number of rotatable bonds is 3. The van der Waals surface area contributed by atoms with Gasteiger partial charge in [0.25, 0.3) is 11.8 Å². The number of carbonyl (C=O) groups excluding carboxylic acids is 2. The fraction of sp³-hybridized carbons (Fsp3) is 0.0500. The molecule has 2 amide bonds. The Morgan fingerprint density at radius 1 is 1.12 bits per heavy atom. The summed E-state index contributed by atoms with van der Waals surface area (Å²) in [5.74, 6) is -0.374. The maximum Gasteiger partial charge on any atom is 0.256 e. The van der Waals surface area contributed by atoms with E-state index in [1.165, 1.54) is 0 Å². The molecule has 3 N–H and O–H groups in total. The Hall–Kier alpha value is -3.67. The SMILES string of the molecule is CC(=C1C(=O)Nc2ccc(NC(=O)c3ccncc3)cc21)c1ccc[nH]1. The molecular formula is C20H16N4O2. The van der Waals surface area contributed by atoms with E-state index in [0.29, 0.717) is 16.8 Å². The van der Waals surface area contributed by atoms with E-state index in [2.05, 4.69) is 20.6 Å². The highest BCUT2D eigenvalue weighted by Gasteiger charge is 2.27. The van der Waals surface area contributed by atoms with Gasteiger partial charge in [0.2, 0.25) is 0 Å². The molecule has 1 aliphatic heterocycles. The first-order valence-electron chi connectivity index (χ1n) is 8.15. The van der Waals surface area contributed by atoms with E-state index in [1.807, 2.05) is 31.3 Å². The molecule has 0 bridgehead atoms. The summed E-state index contributed by atoms with van der Waals surface area (Å²) in [5.41, 5.74) is 4.99. The van der Waals surface area contributed by atoms with Crippen molar-refractivity contribution in [2.24, 2.45) is 0 Å². The predicted octanol–water partition coefficient (Wildman–Crippen LogP) is 3.54. The molecule has 26 heavy (non-hydrogen) atoms. The number of hydrogen-bond donors (Lipinski definition) is 3. The van der Waals surface area contributed by atoms with Gasteiger partial charge in [0.15, 0.2) is 0 Å². The molecule has 0 saturated heterocycles. The summed E-state index contributed by atoms with van der Waals surface area (Å²) in [6.45, 7) is 1.90. The average Bonchev–Trinajstić information content (AvgIpc) is 3.29. The van der Waals surface area contributed by atoms with Crippen LogP contribution < -0.4 is 10.6 Å². The van der Waals surface area contributed by atoms with Gasteiger partial charge < -0.3 is 15.6 Å². The molecule has 0 fully saturated rings. The number of benzene rings is 1. The van der Waals surface area contributed by atoms with Crippen molar-refractivity contribution in [3.8, 4) is 0 Å². The van der Waals surface area contributed by atoms with E-state index in [9.17, 15) is 9.59 Å². The summed E-state index contributed by atoms with van der Waals surface area (Å²) >= 11 is 0. The van der Waals surface area contributed by atoms with Gasteiger partial charge in [-0.3, -0.25) is 14.6 Å². The van der Waals surface area contributed by atoms with Gasteiger partial charge in [0.1, 0.15) is 0 Å². The molecule has 3 aromatic rings. The van der Waals surface area contributed by atoms with E-state index >= 15 is 0 Å². The lowest BCUT2D eigenvalue weighted by atomic mass is 9.99. The molecule has 0 radical (unpaired) electrons. The van der Waals surface area contributed by atoms with Crippen LogP contribution in [0.1, 0.15) is 28.5 Å². The molecule has 0 saturated carbocycles. The Morgan fingerprint density at radius 3 is 2.65 bits per heavy atom. The van der Waals surface area contributed by atoms with E-state index in [-0.39, 0.29) is 11.8 Å². The van der Waals surface area contributed by atoms with Crippen LogP contribution in [0.15, 0.2) is 61.1 Å². The van der Waals surface area contributed by atoms with E-state index in [4.69, 9.17) is 0 Å². The van der Waals surface area contributed by atoms with Gasteiger partial charge in [-0.25, -0.2) is 0 Å². The highest BCUT2D eigenvalue weighted by molar-refractivity contribution is 6.36. The molecule has 4 rings (SSSR count). The van der Waals surface area contributed by atoms with Crippen molar-refractivity contribution >= 4 is 34.3 Å². The van der Waals surface area contributed by atoms with Crippen LogP contribution in [-0.2, 0) is 4.79 Å². The van der Waals surface area contributed by atoms with Crippen LogP contribution in [0, 0.1) is 0 Å². The summed E-state index contributed by atoms with van der Waals surface area (Å²) in [7, 11) is 0. The molecule has 128 valence electrons. The number of carbonyl (C=O) groups is 2. The van der Waals surface area contributed by atoms with Gasteiger partial charge in [0.05, 0.1) is 5.57 Å². The second-order valence-electron chi connectivity index (χ2n) is 5.99. The maximum atomic E-state index is 12.4. The first kappa shape index (κ1) is 15.8. The second kappa shape index (κ2) is 6.33. The molecule has 1 aromatic carbocycles. The minimum Gasteiger partial charge on any atom is -0.361 e. The molecule has 1 aliphatic rings. The lowest BCUT2D eigenvalue weighted by molar-refractivity contribution is -0.110. The lowest BCUT2D eigenvalue weighted by Crippen LogP contribution is -2.11. The van der Waals surface area contributed by atoms with Crippen LogP contribution in [0.3, 0.4) is 0 Å². The van der Waals surface area contributed by atoms with Crippen molar-refractivity contribution in [2.75, 3.05) is 10.6 Å². The second-order valence-corrected chi connectivity index (χ2v) is 5.99. The van der Waals surface area contributed by atoms with Gasteiger partial charge in [-0.2, -0.15) is 0 Å². The number of fused-ring (bicyclic) bond motifs is 1. The van der Waals surface area contributed by atoms with Crippen LogP contribution >= 0.6 is 0 Å². The third kappa shape index (κ3) is 2.77. The summed E-state index contributed by atoms with van der Waals surface area (Å²) in [4.78, 5) is 31.8. The van der Waals surface area contributed by atoms with Crippen molar-refractivity contribution in [2.45, 2.75) is 6.92 Å². The van der Waals surface area contributed by atoms with Crippen LogP contribution in [0.4, 0.5) is 11.4 Å². The number of hydrogen-bond acceptors (Lipinski definition) is 3. The van der Waals surface area contributed by atoms with Crippen LogP contribution in [0.25, 0.3) is 11.1 Å². The topological polar surface area (TPSA) is 86.9 Å². The molecule has 0 atom stereocenters. The summed E-state index contributed by atoms with van der Waals surface area (Å²) in [5, 5.41) is 5.73. The maximum absolute atomic E-state index is 12.4. The van der Waals surface area contributed by atoms with Crippen molar-refractivity contribution in [3.63, 3.8) is 0 Å². The third-order valence-electron chi connectivity index (χ3n) is 4.34. The number of allylic oxidation sites excluding steroid dienone is 1. The van der Waals surface area contributed by atoms with Gasteiger partial charge in [-0.05, 0) is 55.0 Å². The van der Waals surface area contributed by atoms with Crippen molar-refractivity contribution < 1.29 is 9.59 Å². The number of aromatic amines is 1. The number of amides is 2. The minimum absolute atomic E-state index is 0.148.